The molecule has 0 saturated heterocycles. The highest BCUT2D eigenvalue weighted by Gasteiger charge is 2.38. The smallest absolute Gasteiger partial charge is 0.434 e. The number of aromatic carboxylic acids is 1. The van der Waals surface area contributed by atoms with E-state index in [0.29, 0.717) is 0 Å². The minimum absolute atomic E-state index is 0.184. The topological polar surface area (TPSA) is 74.0 Å². The summed E-state index contributed by atoms with van der Waals surface area (Å²) in [5, 5.41) is 17.0. The number of carbonyl (C=O) groups is 1. The highest BCUT2D eigenvalue weighted by molar-refractivity contribution is 5.87. The molecule has 0 bridgehead atoms. The second kappa shape index (κ2) is 4.56. The molecular formula is C9H3F5N2O2. The van der Waals surface area contributed by atoms with E-state index in [9.17, 15) is 26.7 Å². The summed E-state index contributed by atoms with van der Waals surface area (Å²) in [6.07, 6.45) is -8.45. The van der Waals surface area contributed by atoms with E-state index in [4.69, 9.17) is 10.4 Å². The van der Waals surface area contributed by atoms with Crippen molar-refractivity contribution in [2.75, 3.05) is 0 Å². The number of carboxylic acid groups (broad SMARTS) is 1. The Labute approximate surface area is 96.3 Å². The van der Waals surface area contributed by atoms with E-state index in [0.717, 1.165) is 6.07 Å². The van der Waals surface area contributed by atoms with Crippen LogP contribution in [0.5, 0.6) is 0 Å². The van der Waals surface area contributed by atoms with Gasteiger partial charge in [0.15, 0.2) is 11.4 Å². The van der Waals surface area contributed by atoms with Gasteiger partial charge in [0.1, 0.15) is 6.07 Å². The number of pyridine rings is 1. The van der Waals surface area contributed by atoms with Gasteiger partial charge in [0, 0.05) is 0 Å². The number of nitrogens with zero attached hydrogens (tertiary/aromatic N) is 2. The second-order valence-corrected chi connectivity index (χ2v) is 3.04. The molecule has 1 aromatic rings. The molecule has 0 atom stereocenters. The van der Waals surface area contributed by atoms with Crippen LogP contribution < -0.4 is 0 Å². The van der Waals surface area contributed by atoms with Crippen molar-refractivity contribution in [3.8, 4) is 6.07 Å². The van der Waals surface area contributed by atoms with Crippen molar-refractivity contribution < 1.29 is 31.9 Å². The van der Waals surface area contributed by atoms with Crippen LogP contribution in [-0.2, 0) is 6.18 Å². The van der Waals surface area contributed by atoms with Crippen LogP contribution in [0.4, 0.5) is 22.0 Å². The van der Waals surface area contributed by atoms with Crippen molar-refractivity contribution in [3.63, 3.8) is 0 Å². The van der Waals surface area contributed by atoms with Crippen LogP contribution in [0.1, 0.15) is 33.7 Å². The van der Waals surface area contributed by atoms with E-state index >= 15 is 0 Å². The number of hydrogen-bond donors (Lipinski definition) is 1. The summed E-state index contributed by atoms with van der Waals surface area (Å²) >= 11 is 0. The molecule has 0 aromatic carbocycles. The monoisotopic (exact) mass is 266 g/mol. The van der Waals surface area contributed by atoms with Gasteiger partial charge in [-0.25, -0.2) is 18.6 Å². The van der Waals surface area contributed by atoms with Gasteiger partial charge >= 0.3 is 12.1 Å². The first-order chi connectivity index (χ1) is 8.18. The van der Waals surface area contributed by atoms with E-state index in [1.165, 1.54) is 0 Å². The van der Waals surface area contributed by atoms with Crippen LogP contribution in [0.15, 0.2) is 6.07 Å². The number of rotatable bonds is 2. The van der Waals surface area contributed by atoms with Crippen LogP contribution in [0.25, 0.3) is 0 Å². The summed E-state index contributed by atoms with van der Waals surface area (Å²) in [4.78, 5) is 13.2. The third kappa shape index (κ3) is 2.53. The van der Waals surface area contributed by atoms with Crippen molar-refractivity contribution in [1.29, 1.82) is 5.26 Å². The summed E-state index contributed by atoms with van der Waals surface area (Å²) in [5.41, 5.74) is -5.60. The van der Waals surface area contributed by atoms with Crippen molar-refractivity contribution >= 4 is 5.97 Å². The molecular weight excluding hydrogens is 263 g/mol. The number of halogens is 5. The predicted molar refractivity (Wildman–Crippen MR) is 45.9 cm³/mol. The van der Waals surface area contributed by atoms with Crippen molar-refractivity contribution in [1.82, 2.24) is 4.98 Å². The van der Waals surface area contributed by atoms with Gasteiger partial charge in [-0.3, -0.25) is 0 Å². The molecule has 1 aromatic heterocycles. The lowest BCUT2D eigenvalue weighted by Gasteiger charge is -2.11. The SMILES string of the molecule is N#Cc1cc(C(F)F)c(C(=O)O)nc1C(F)(F)F. The maximum atomic E-state index is 12.4. The molecule has 0 aliphatic carbocycles. The largest absolute Gasteiger partial charge is 0.476 e. The summed E-state index contributed by atoms with van der Waals surface area (Å²) in [7, 11) is 0. The number of aromatic nitrogens is 1. The standard InChI is InChI=1S/C9H3F5N2O2/c10-7(11)4-1-3(2-15)6(9(12,13)14)16-5(4)8(17)18/h1,7H,(H,17,18). The van der Waals surface area contributed by atoms with E-state index in [-0.39, 0.29) is 6.07 Å². The molecule has 4 nitrogen and oxygen atoms in total. The molecule has 0 aliphatic heterocycles. The second-order valence-electron chi connectivity index (χ2n) is 3.04. The van der Waals surface area contributed by atoms with E-state index < -0.39 is 41.1 Å². The third-order valence-corrected chi connectivity index (χ3v) is 1.88. The van der Waals surface area contributed by atoms with Gasteiger partial charge in [-0.05, 0) is 6.07 Å². The van der Waals surface area contributed by atoms with Crippen molar-refractivity contribution in [2.24, 2.45) is 0 Å². The van der Waals surface area contributed by atoms with Crippen molar-refractivity contribution in [3.05, 3.63) is 28.6 Å². The van der Waals surface area contributed by atoms with Crippen LogP contribution >= 0.6 is 0 Å². The Balaban J connectivity index is 3.64. The van der Waals surface area contributed by atoms with Crippen LogP contribution in [0.3, 0.4) is 0 Å². The molecule has 0 spiro atoms. The predicted octanol–water partition coefficient (Wildman–Crippen LogP) is 2.61. The highest BCUT2D eigenvalue weighted by Crippen LogP contribution is 2.33. The molecule has 0 amide bonds. The first-order valence-corrected chi connectivity index (χ1v) is 4.22. The molecule has 0 radical (unpaired) electrons. The van der Waals surface area contributed by atoms with Gasteiger partial charge in [-0.15, -0.1) is 0 Å². The van der Waals surface area contributed by atoms with Gasteiger partial charge < -0.3 is 5.11 Å². The Kier molecular flexibility index (Phi) is 3.50. The first-order valence-electron chi connectivity index (χ1n) is 4.22. The summed E-state index contributed by atoms with van der Waals surface area (Å²) < 4.78 is 62.1. The maximum absolute atomic E-state index is 12.4. The van der Waals surface area contributed by atoms with Gasteiger partial charge in [-0.1, -0.05) is 0 Å². The Bertz CT molecular complexity index is 533. The molecule has 18 heavy (non-hydrogen) atoms. The number of carboxylic acids is 1. The van der Waals surface area contributed by atoms with Crippen LogP contribution in [0.2, 0.25) is 0 Å². The average Bonchev–Trinajstić information content (AvgIpc) is 2.25. The summed E-state index contributed by atoms with van der Waals surface area (Å²) in [5.74, 6) is -2.03. The first kappa shape index (κ1) is 13.8. The quantitative estimate of drug-likeness (QED) is 0.835. The lowest BCUT2D eigenvalue weighted by molar-refractivity contribution is -0.141. The molecule has 0 fully saturated rings. The Morgan fingerprint density at radius 2 is 2.00 bits per heavy atom. The highest BCUT2D eigenvalue weighted by atomic mass is 19.4. The fraction of sp³-hybridized carbons (Fsp3) is 0.222. The van der Waals surface area contributed by atoms with E-state index in [2.05, 4.69) is 4.98 Å². The lowest BCUT2D eigenvalue weighted by atomic mass is 10.1. The van der Waals surface area contributed by atoms with Crippen LogP contribution in [-0.4, -0.2) is 16.1 Å². The zero-order valence-electron chi connectivity index (χ0n) is 8.29. The van der Waals surface area contributed by atoms with Crippen molar-refractivity contribution in [2.45, 2.75) is 12.6 Å². The van der Waals surface area contributed by atoms with Gasteiger partial charge in [-0.2, -0.15) is 18.4 Å². The Morgan fingerprint density at radius 3 is 2.33 bits per heavy atom. The minimum Gasteiger partial charge on any atom is -0.476 e. The third-order valence-electron chi connectivity index (χ3n) is 1.88. The van der Waals surface area contributed by atoms with Gasteiger partial charge in [0.05, 0.1) is 11.1 Å². The number of alkyl halides is 5. The summed E-state index contributed by atoms with van der Waals surface area (Å²) in [6, 6.07) is 1.24. The zero-order valence-corrected chi connectivity index (χ0v) is 8.29. The number of hydrogen-bond acceptors (Lipinski definition) is 3. The molecule has 1 rings (SSSR count). The Hall–Kier alpha value is -2.24. The normalized spacial score (nSPS) is 11.4. The fourth-order valence-corrected chi connectivity index (χ4v) is 1.17. The van der Waals surface area contributed by atoms with Gasteiger partial charge in [0.2, 0.25) is 0 Å². The minimum atomic E-state index is -5.10. The van der Waals surface area contributed by atoms with E-state index in [1.54, 1.807) is 0 Å². The maximum Gasteiger partial charge on any atom is 0.434 e. The molecule has 0 unspecified atom stereocenters. The molecule has 1 N–H and O–H groups in total. The average molecular weight is 266 g/mol. The molecule has 0 aliphatic rings. The molecule has 96 valence electrons. The lowest BCUT2D eigenvalue weighted by Crippen LogP contribution is -2.16. The molecule has 9 heteroatoms. The fourth-order valence-electron chi connectivity index (χ4n) is 1.17. The Morgan fingerprint density at radius 1 is 1.44 bits per heavy atom. The van der Waals surface area contributed by atoms with Gasteiger partial charge in [0.25, 0.3) is 6.43 Å². The van der Waals surface area contributed by atoms with E-state index in [1.807, 2.05) is 0 Å². The number of nitriles is 1. The molecule has 1 heterocycles. The van der Waals surface area contributed by atoms with Crippen LogP contribution in [0, 0.1) is 11.3 Å². The summed E-state index contributed by atoms with van der Waals surface area (Å²) in [6.45, 7) is 0. The molecule has 0 saturated carbocycles. The zero-order chi connectivity index (χ0) is 14.1.